The number of hydrogen-bond donors (Lipinski definition) is 2. The van der Waals surface area contributed by atoms with Gasteiger partial charge in [-0.05, 0) is 52.0 Å². The van der Waals surface area contributed by atoms with Crippen molar-refractivity contribution in [3.8, 4) is 0 Å². The zero-order valence-corrected chi connectivity index (χ0v) is 13.4. The summed E-state index contributed by atoms with van der Waals surface area (Å²) >= 11 is 5.21. The highest BCUT2D eigenvalue weighted by molar-refractivity contribution is 9.11. The Balaban J connectivity index is 1.80. The molecule has 3 N–H and O–H groups in total. The van der Waals surface area contributed by atoms with Crippen LogP contribution in [0.25, 0.3) is 0 Å². The minimum absolute atomic E-state index is 0.113. The van der Waals surface area contributed by atoms with Gasteiger partial charge in [-0.1, -0.05) is 24.3 Å². The molecule has 2 unspecified atom stereocenters. The van der Waals surface area contributed by atoms with Crippen LogP contribution in [0.5, 0.6) is 0 Å². The summed E-state index contributed by atoms with van der Waals surface area (Å²) in [4.78, 5) is 1.23. The number of ether oxygens (including phenoxy) is 1. The number of hydrogen-bond acceptors (Lipinski definition) is 4. The van der Waals surface area contributed by atoms with Crippen LogP contribution in [-0.4, -0.2) is 6.61 Å². The lowest BCUT2D eigenvalue weighted by Crippen LogP contribution is -2.30. The molecule has 2 heterocycles. The molecule has 0 saturated heterocycles. The molecule has 1 aromatic heterocycles. The molecule has 0 fully saturated rings. The normalized spacial score (nSPS) is 19.6. The number of halogens is 1. The summed E-state index contributed by atoms with van der Waals surface area (Å²) in [5.74, 6) is 5.74. The number of nitrogens with two attached hydrogens (primary N) is 1. The van der Waals surface area contributed by atoms with Crippen molar-refractivity contribution in [2.24, 2.45) is 5.84 Å². The van der Waals surface area contributed by atoms with Gasteiger partial charge < -0.3 is 4.74 Å². The number of fused-ring (bicyclic) bond motifs is 1. The van der Waals surface area contributed by atoms with Crippen molar-refractivity contribution < 1.29 is 4.74 Å². The molecule has 0 spiro atoms. The molecule has 1 aromatic carbocycles. The maximum Gasteiger partial charge on any atom is 0.0846 e. The summed E-state index contributed by atoms with van der Waals surface area (Å²) in [6.07, 6.45) is 1.96. The predicted octanol–water partition coefficient (Wildman–Crippen LogP) is 3.72. The Hall–Kier alpha value is -0.720. The topological polar surface area (TPSA) is 47.3 Å². The standard InChI is InChI=1S/C15H17BrN2OS/c16-15-6-5-14(20-15)12(18-17)9-13-11-4-2-1-3-10(11)7-8-19-13/h1-6,12-13,18H,7-9,17H2. The quantitative estimate of drug-likeness (QED) is 0.651. The third-order valence-electron chi connectivity index (χ3n) is 3.68. The van der Waals surface area contributed by atoms with Crippen LogP contribution in [0.4, 0.5) is 0 Å². The van der Waals surface area contributed by atoms with Crippen LogP contribution in [0.3, 0.4) is 0 Å². The second-order valence-electron chi connectivity index (χ2n) is 4.91. The molecule has 20 heavy (non-hydrogen) atoms. The SMILES string of the molecule is NNC(CC1OCCc2ccccc21)c1ccc(Br)s1. The molecule has 106 valence electrons. The fourth-order valence-corrected chi connectivity index (χ4v) is 4.16. The summed E-state index contributed by atoms with van der Waals surface area (Å²) in [5.41, 5.74) is 5.62. The zero-order valence-electron chi connectivity index (χ0n) is 11.0. The molecule has 3 nitrogen and oxygen atoms in total. The fraction of sp³-hybridized carbons (Fsp3) is 0.333. The summed E-state index contributed by atoms with van der Waals surface area (Å²) in [6.45, 7) is 0.785. The maximum absolute atomic E-state index is 5.96. The number of hydrazine groups is 1. The number of benzene rings is 1. The highest BCUT2D eigenvalue weighted by Crippen LogP contribution is 2.36. The fourth-order valence-electron chi connectivity index (χ4n) is 2.67. The highest BCUT2D eigenvalue weighted by Gasteiger charge is 2.25. The highest BCUT2D eigenvalue weighted by atomic mass is 79.9. The van der Waals surface area contributed by atoms with E-state index in [1.54, 1.807) is 11.3 Å². The molecule has 2 atom stereocenters. The Labute approximate surface area is 131 Å². The summed E-state index contributed by atoms with van der Waals surface area (Å²) in [5, 5.41) is 0. The molecule has 0 saturated carbocycles. The summed E-state index contributed by atoms with van der Waals surface area (Å²) in [7, 11) is 0. The van der Waals surface area contributed by atoms with Crippen molar-refractivity contribution >= 4 is 27.3 Å². The van der Waals surface area contributed by atoms with Gasteiger partial charge in [-0.25, -0.2) is 0 Å². The molecule has 0 aliphatic carbocycles. The Morgan fingerprint density at radius 2 is 2.20 bits per heavy atom. The Morgan fingerprint density at radius 3 is 2.95 bits per heavy atom. The molecule has 0 amide bonds. The van der Waals surface area contributed by atoms with E-state index in [0.717, 1.165) is 23.2 Å². The second kappa shape index (κ2) is 6.37. The van der Waals surface area contributed by atoms with E-state index in [1.165, 1.54) is 16.0 Å². The van der Waals surface area contributed by atoms with Gasteiger partial charge in [0.15, 0.2) is 0 Å². The Bertz CT molecular complexity index is 587. The maximum atomic E-state index is 5.96. The molecule has 5 heteroatoms. The minimum atomic E-state index is 0.113. The lowest BCUT2D eigenvalue weighted by Gasteiger charge is -2.28. The molecule has 1 aliphatic rings. The number of nitrogens with one attached hydrogen (secondary N) is 1. The lowest BCUT2D eigenvalue weighted by molar-refractivity contribution is 0.0295. The van der Waals surface area contributed by atoms with Crippen LogP contribution in [-0.2, 0) is 11.2 Å². The number of rotatable bonds is 4. The van der Waals surface area contributed by atoms with Crippen molar-refractivity contribution in [3.05, 3.63) is 56.2 Å². The van der Waals surface area contributed by atoms with Crippen molar-refractivity contribution in [2.75, 3.05) is 6.61 Å². The molecular weight excluding hydrogens is 336 g/mol. The Kier molecular flexibility index (Phi) is 4.53. The van der Waals surface area contributed by atoms with Crippen molar-refractivity contribution in [2.45, 2.75) is 25.0 Å². The average molecular weight is 353 g/mol. The van der Waals surface area contributed by atoms with E-state index in [2.05, 4.69) is 57.8 Å². The van der Waals surface area contributed by atoms with E-state index < -0.39 is 0 Å². The van der Waals surface area contributed by atoms with E-state index in [4.69, 9.17) is 10.6 Å². The van der Waals surface area contributed by atoms with Crippen LogP contribution < -0.4 is 11.3 Å². The first-order valence-electron chi connectivity index (χ1n) is 6.68. The van der Waals surface area contributed by atoms with E-state index in [1.807, 2.05) is 0 Å². The summed E-state index contributed by atoms with van der Waals surface area (Å²) in [6, 6.07) is 12.8. The monoisotopic (exact) mass is 352 g/mol. The smallest absolute Gasteiger partial charge is 0.0846 e. The van der Waals surface area contributed by atoms with Gasteiger partial charge >= 0.3 is 0 Å². The van der Waals surface area contributed by atoms with Gasteiger partial charge in [-0.15, -0.1) is 11.3 Å². The summed E-state index contributed by atoms with van der Waals surface area (Å²) < 4.78 is 7.09. The van der Waals surface area contributed by atoms with Crippen molar-refractivity contribution in [1.29, 1.82) is 0 Å². The van der Waals surface area contributed by atoms with Gasteiger partial charge in [0.25, 0.3) is 0 Å². The predicted molar refractivity (Wildman–Crippen MR) is 85.5 cm³/mol. The van der Waals surface area contributed by atoms with E-state index in [9.17, 15) is 0 Å². The molecule has 3 rings (SSSR count). The van der Waals surface area contributed by atoms with E-state index in [0.29, 0.717) is 0 Å². The van der Waals surface area contributed by atoms with Crippen molar-refractivity contribution in [1.82, 2.24) is 5.43 Å². The van der Waals surface area contributed by atoms with Crippen LogP contribution in [0.15, 0.2) is 40.2 Å². The molecule has 2 aromatic rings. The molecule has 0 radical (unpaired) electrons. The van der Waals surface area contributed by atoms with Gasteiger partial charge in [0.05, 0.1) is 22.5 Å². The van der Waals surface area contributed by atoms with Gasteiger partial charge in [-0.3, -0.25) is 11.3 Å². The lowest BCUT2D eigenvalue weighted by atomic mass is 9.93. The first-order chi connectivity index (χ1) is 9.78. The van der Waals surface area contributed by atoms with Crippen LogP contribution in [0, 0.1) is 0 Å². The van der Waals surface area contributed by atoms with Crippen LogP contribution in [0.2, 0.25) is 0 Å². The van der Waals surface area contributed by atoms with Crippen molar-refractivity contribution in [3.63, 3.8) is 0 Å². The first-order valence-corrected chi connectivity index (χ1v) is 8.29. The second-order valence-corrected chi connectivity index (χ2v) is 7.40. The van der Waals surface area contributed by atoms with E-state index >= 15 is 0 Å². The van der Waals surface area contributed by atoms with E-state index in [-0.39, 0.29) is 12.1 Å². The van der Waals surface area contributed by atoms with Gasteiger partial charge in [-0.2, -0.15) is 0 Å². The van der Waals surface area contributed by atoms with Crippen LogP contribution in [0.1, 0.15) is 34.6 Å². The third kappa shape index (κ3) is 2.97. The third-order valence-corrected chi connectivity index (χ3v) is 5.42. The molecular formula is C15H17BrN2OS. The molecule has 1 aliphatic heterocycles. The van der Waals surface area contributed by atoms with Gasteiger partial charge in [0.1, 0.15) is 0 Å². The number of thiophene rings is 1. The van der Waals surface area contributed by atoms with Gasteiger partial charge in [0, 0.05) is 4.88 Å². The first kappa shape index (κ1) is 14.2. The molecule has 0 bridgehead atoms. The minimum Gasteiger partial charge on any atom is -0.373 e. The largest absolute Gasteiger partial charge is 0.373 e. The van der Waals surface area contributed by atoms with Gasteiger partial charge in [0.2, 0.25) is 0 Å². The zero-order chi connectivity index (χ0) is 13.9. The average Bonchev–Trinajstić information content (AvgIpc) is 2.91. The Morgan fingerprint density at radius 1 is 1.35 bits per heavy atom. The van der Waals surface area contributed by atoms with Crippen LogP contribution >= 0.6 is 27.3 Å².